The van der Waals surface area contributed by atoms with E-state index in [-0.39, 0.29) is 24.3 Å². The maximum atomic E-state index is 12.6. The van der Waals surface area contributed by atoms with Crippen LogP contribution in [0.1, 0.15) is 40.0 Å². The Bertz CT molecular complexity index is 980. The number of carbonyl (C=O) groups is 3. The number of hydrogen-bond acceptors (Lipinski definition) is 5. The lowest BCUT2D eigenvalue weighted by molar-refractivity contribution is -0.114. The summed E-state index contributed by atoms with van der Waals surface area (Å²) in [4.78, 5) is 41.3. The molecule has 0 spiro atoms. The van der Waals surface area contributed by atoms with Gasteiger partial charge in [0.2, 0.25) is 5.91 Å². The molecule has 2 heterocycles. The van der Waals surface area contributed by atoms with E-state index in [2.05, 4.69) is 10.6 Å². The summed E-state index contributed by atoms with van der Waals surface area (Å²) in [5.41, 5.74) is 2.53. The molecular weight excluding hydrogens is 420 g/mol. The molecule has 33 heavy (non-hydrogen) atoms. The molecule has 0 aromatic heterocycles. The Morgan fingerprint density at radius 2 is 1.42 bits per heavy atom. The number of amides is 3. The Morgan fingerprint density at radius 3 is 2.15 bits per heavy atom. The normalized spacial score (nSPS) is 16.2. The van der Waals surface area contributed by atoms with E-state index in [9.17, 15) is 14.4 Å². The fraction of sp³-hybridized carbons (Fsp3) is 0.400. The van der Waals surface area contributed by atoms with Crippen molar-refractivity contribution in [2.45, 2.75) is 19.3 Å². The molecule has 0 aliphatic carbocycles. The second-order valence-corrected chi connectivity index (χ2v) is 8.32. The van der Waals surface area contributed by atoms with Gasteiger partial charge in [-0.25, -0.2) is 0 Å². The Labute approximate surface area is 193 Å². The van der Waals surface area contributed by atoms with Gasteiger partial charge in [-0.15, -0.1) is 0 Å². The molecule has 2 aromatic rings. The molecule has 2 N–H and O–H groups in total. The van der Waals surface area contributed by atoms with Crippen LogP contribution in [-0.2, 0) is 9.53 Å². The van der Waals surface area contributed by atoms with E-state index >= 15 is 0 Å². The van der Waals surface area contributed by atoms with E-state index in [1.54, 1.807) is 41.3 Å². The average molecular weight is 451 g/mol. The summed E-state index contributed by atoms with van der Waals surface area (Å²) in [7, 11) is 0. The zero-order chi connectivity index (χ0) is 23.0. The average Bonchev–Trinajstić information content (AvgIpc) is 2.88. The minimum absolute atomic E-state index is 0.0606. The number of ether oxygens (including phenoxy) is 1. The zero-order valence-corrected chi connectivity index (χ0v) is 18.7. The van der Waals surface area contributed by atoms with Crippen molar-refractivity contribution in [2.75, 3.05) is 56.6 Å². The number of likely N-dealkylation sites (tertiary alicyclic amines) is 1. The van der Waals surface area contributed by atoms with E-state index in [1.807, 2.05) is 17.0 Å². The number of nitrogens with one attached hydrogen (secondary N) is 2. The van der Waals surface area contributed by atoms with Gasteiger partial charge in [-0.1, -0.05) is 6.07 Å². The second kappa shape index (κ2) is 11.0. The SMILES string of the molecule is O=C(CNc1ccc(C(=O)N2CCCCC2)cc1)Nc1cccc(C(=O)N2CCOCC2)c1. The number of carbonyl (C=O) groups excluding carboxylic acids is 3. The van der Waals surface area contributed by atoms with Gasteiger partial charge in [-0.05, 0) is 61.7 Å². The molecule has 8 heteroatoms. The van der Waals surface area contributed by atoms with Crippen LogP contribution in [-0.4, -0.2) is 73.5 Å². The van der Waals surface area contributed by atoms with Crippen LogP contribution in [0.25, 0.3) is 0 Å². The van der Waals surface area contributed by atoms with Crippen molar-refractivity contribution < 1.29 is 19.1 Å². The number of benzene rings is 2. The van der Waals surface area contributed by atoms with Crippen molar-refractivity contribution in [3.63, 3.8) is 0 Å². The summed E-state index contributed by atoms with van der Waals surface area (Å²) in [6.07, 6.45) is 3.30. The van der Waals surface area contributed by atoms with Gasteiger partial charge < -0.3 is 25.2 Å². The highest BCUT2D eigenvalue weighted by Crippen LogP contribution is 2.16. The van der Waals surface area contributed by atoms with Crippen LogP contribution in [0, 0.1) is 0 Å². The molecule has 0 bridgehead atoms. The molecule has 2 saturated heterocycles. The summed E-state index contributed by atoms with van der Waals surface area (Å²) in [5.74, 6) is -0.225. The third kappa shape index (κ3) is 6.10. The topological polar surface area (TPSA) is 91.0 Å². The van der Waals surface area contributed by atoms with Crippen LogP contribution < -0.4 is 10.6 Å². The van der Waals surface area contributed by atoms with E-state index in [1.165, 1.54) is 6.42 Å². The standard InChI is InChI=1S/C25H30N4O4/c30-23(27-22-6-4-5-20(17-22)25(32)29-13-15-33-16-14-29)18-26-21-9-7-19(8-10-21)24(31)28-11-2-1-3-12-28/h4-10,17,26H,1-3,11-16,18H2,(H,27,30). The highest BCUT2D eigenvalue weighted by Gasteiger charge is 2.19. The smallest absolute Gasteiger partial charge is 0.254 e. The van der Waals surface area contributed by atoms with Gasteiger partial charge >= 0.3 is 0 Å². The zero-order valence-electron chi connectivity index (χ0n) is 18.7. The lowest BCUT2D eigenvalue weighted by Crippen LogP contribution is -2.40. The van der Waals surface area contributed by atoms with Gasteiger partial charge in [0.15, 0.2) is 0 Å². The third-order valence-electron chi connectivity index (χ3n) is 5.92. The molecule has 8 nitrogen and oxygen atoms in total. The highest BCUT2D eigenvalue weighted by molar-refractivity contribution is 5.98. The molecule has 4 rings (SSSR count). The lowest BCUT2D eigenvalue weighted by Gasteiger charge is -2.27. The second-order valence-electron chi connectivity index (χ2n) is 8.32. The molecule has 0 saturated carbocycles. The summed E-state index contributed by atoms with van der Waals surface area (Å²) in [6, 6.07) is 14.2. The fourth-order valence-electron chi connectivity index (χ4n) is 4.08. The molecular formula is C25H30N4O4. The van der Waals surface area contributed by atoms with E-state index < -0.39 is 0 Å². The summed E-state index contributed by atoms with van der Waals surface area (Å²) in [5, 5.41) is 5.90. The quantitative estimate of drug-likeness (QED) is 0.706. The van der Waals surface area contributed by atoms with Crippen molar-refractivity contribution in [1.29, 1.82) is 0 Å². The first-order valence-corrected chi connectivity index (χ1v) is 11.5. The first-order valence-electron chi connectivity index (χ1n) is 11.5. The van der Waals surface area contributed by atoms with E-state index in [0.717, 1.165) is 31.6 Å². The van der Waals surface area contributed by atoms with Crippen molar-refractivity contribution >= 4 is 29.1 Å². The lowest BCUT2D eigenvalue weighted by atomic mass is 10.1. The molecule has 0 unspecified atom stereocenters. The van der Waals surface area contributed by atoms with Crippen LogP contribution in [0.3, 0.4) is 0 Å². The largest absolute Gasteiger partial charge is 0.378 e. The van der Waals surface area contributed by atoms with Crippen LogP contribution in [0.15, 0.2) is 48.5 Å². The number of anilines is 2. The highest BCUT2D eigenvalue weighted by atomic mass is 16.5. The maximum Gasteiger partial charge on any atom is 0.254 e. The van der Waals surface area contributed by atoms with E-state index in [0.29, 0.717) is 43.1 Å². The summed E-state index contributed by atoms with van der Waals surface area (Å²) in [6.45, 7) is 3.93. The Hall–Kier alpha value is -3.39. The van der Waals surface area contributed by atoms with Crippen LogP contribution in [0.2, 0.25) is 0 Å². The monoisotopic (exact) mass is 450 g/mol. The van der Waals surface area contributed by atoms with Crippen molar-refractivity contribution in [3.8, 4) is 0 Å². The number of hydrogen-bond donors (Lipinski definition) is 2. The minimum atomic E-state index is -0.223. The predicted molar refractivity (Wildman–Crippen MR) is 126 cm³/mol. The molecule has 2 aromatic carbocycles. The molecule has 2 aliphatic heterocycles. The van der Waals surface area contributed by atoms with Crippen LogP contribution in [0.5, 0.6) is 0 Å². The number of piperidine rings is 1. The van der Waals surface area contributed by atoms with Crippen molar-refractivity contribution in [2.24, 2.45) is 0 Å². The molecule has 2 aliphatic rings. The first-order chi connectivity index (χ1) is 16.1. The van der Waals surface area contributed by atoms with E-state index in [4.69, 9.17) is 4.74 Å². The van der Waals surface area contributed by atoms with Crippen molar-refractivity contribution in [1.82, 2.24) is 9.80 Å². The number of rotatable bonds is 6. The first kappa shape index (κ1) is 22.8. The van der Waals surface area contributed by atoms with Crippen LogP contribution in [0.4, 0.5) is 11.4 Å². The van der Waals surface area contributed by atoms with Gasteiger partial charge in [-0.2, -0.15) is 0 Å². The van der Waals surface area contributed by atoms with Gasteiger partial charge in [-0.3, -0.25) is 14.4 Å². The third-order valence-corrected chi connectivity index (χ3v) is 5.92. The predicted octanol–water partition coefficient (Wildman–Crippen LogP) is 2.84. The maximum absolute atomic E-state index is 12.6. The van der Waals surface area contributed by atoms with Gasteiger partial charge in [0.25, 0.3) is 11.8 Å². The summed E-state index contributed by atoms with van der Waals surface area (Å²) < 4.78 is 5.29. The molecule has 2 fully saturated rings. The molecule has 174 valence electrons. The Balaban J connectivity index is 1.28. The minimum Gasteiger partial charge on any atom is -0.378 e. The summed E-state index contributed by atoms with van der Waals surface area (Å²) >= 11 is 0. The molecule has 3 amide bonds. The van der Waals surface area contributed by atoms with Gasteiger partial charge in [0.1, 0.15) is 0 Å². The molecule has 0 radical (unpaired) electrons. The fourth-order valence-corrected chi connectivity index (χ4v) is 4.08. The van der Waals surface area contributed by atoms with Crippen molar-refractivity contribution in [3.05, 3.63) is 59.7 Å². The number of morpholine rings is 1. The molecule has 0 atom stereocenters. The van der Waals surface area contributed by atoms with Crippen LogP contribution >= 0.6 is 0 Å². The number of nitrogens with zero attached hydrogens (tertiary/aromatic N) is 2. The van der Waals surface area contributed by atoms with Gasteiger partial charge in [0, 0.05) is 48.7 Å². The Morgan fingerprint density at radius 1 is 0.758 bits per heavy atom. The Kier molecular flexibility index (Phi) is 7.57. The van der Waals surface area contributed by atoms with Gasteiger partial charge in [0.05, 0.1) is 19.8 Å².